The first-order valence-corrected chi connectivity index (χ1v) is 6.49. The van der Waals surface area contributed by atoms with Crippen molar-refractivity contribution in [1.29, 1.82) is 0 Å². The molecule has 0 spiro atoms. The molecular weight excluding hydrogens is 238 g/mol. The third-order valence-corrected chi connectivity index (χ3v) is 3.63. The van der Waals surface area contributed by atoms with E-state index >= 15 is 0 Å². The highest BCUT2D eigenvalue weighted by Gasteiger charge is 2.22. The molecule has 1 N–H and O–H groups in total. The molecule has 0 saturated carbocycles. The van der Waals surface area contributed by atoms with Crippen LogP contribution in [0.4, 0.5) is 5.82 Å². The molecule has 1 aromatic heterocycles. The van der Waals surface area contributed by atoms with E-state index in [4.69, 9.17) is 11.6 Å². The van der Waals surface area contributed by atoms with Gasteiger partial charge in [0.1, 0.15) is 17.3 Å². The summed E-state index contributed by atoms with van der Waals surface area (Å²) in [7, 11) is 0. The second kappa shape index (κ2) is 5.65. The van der Waals surface area contributed by atoms with Gasteiger partial charge in [-0.1, -0.05) is 18.5 Å². The number of aliphatic hydroxyl groups is 1. The molecule has 0 amide bonds. The first-order chi connectivity index (χ1) is 8.26. The highest BCUT2D eigenvalue weighted by atomic mass is 35.5. The summed E-state index contributed by atoms with van der Waals surface area (Å²) in [6.07, 6.45) is 4.53. The monoisotopic (exact) mass is 255 g/mol. The number of rotatable bonds is 3. The lowest BCUT2D eigenvalue weighted by atomic mass is 9.98. The van der Waals surface area contributed by atoms with Crippen LogP contribution >= 0.6 is 11.6 Å². The summed E-state index contributed by atoms with van der Waals surface area (Å²) in [5.41, 5.74) is 1.01. The Kier molecular flexibility index (Phi) is 4.18. The van der Waals surface area contributed by atoms with E-state index in [2.05, 4.69) is 21.8 Å². The van der Waals surface area contributed by atoms with Crippen molar-refractivity contribution in [1.82, 2.24) is 9.97 Å². The van der Waals surface area contributed by atoms with Crippen LogP contribution in [0.2, 0.25) is 5.15 Å². The SMILES string of the molecule is CCc1c(Cl)ncnc1N1CCCC(CO)C1. The number of halogens is 1. The van der Waals surface area contributed by atoms with Gasteiger partial charge in [0, 0.05) is 25.3 Å². The zero-order valence-corrected chi connectivity index (χ0v) is 10.8. The Labute approximate surface area is 107 Å². The van der Waals surface area contributed by atoms with Gasteiger partial charge >= 0.3 is 0 Å². The normalized spacial score (nSPS) is 20.6. The fourth-order valence-corrected chi connectivity index (χ4v) is 2.63. The number of aromatic nitrogens is 2. The molecule has 94 valence electrons. The van der Waals surface area contributed by atoms with Crippen molar-refractivity contribution in [3.63, 3.8) is 0 Å². The van der Waals surface area contributed by atoms with Crippen molar-refractivity contribution >= 4 is 17.4 Å². The average Bonchev–Trinajstić information content (AvgIpc) is 2.38. The topological polar surface area (TPSA) is 49.2 Å². The van der Waals surface area contributed by atoms with Crippen molar-refractivity contribution in [2.45, 2.75) is 26.2 Å². The molecule has 2 heterocycles. The minimum absolute atomic E-state index is 0.247. The molecule has 1 unspecified atom stereocenters. The number of piperidine rings is 1. The Balaban J connectivity index is 2.24. The Morgan fingerprint density at radius 2 is 2.35 bits per heavy atom. The van der Waals surface area contributed by atoms with E-state index < -0.39 is 0 Å². The fourth-order valence-electron chi connectivity index (χ4n) is 2.37. The van der Waals surface area contributed by atoms with Gasteiger partial charge in [-0.25, -0.2) is 9.97 Å². The predicted octanol–water partition coefficient (Wildman–Crippen LogP) is 1.90. The molecule has 2 rings (SSSR count). The van der Waals surface area contributed by atoms with Crippen LogP contribution in [0.25, 0.3) is 0 Å². The number of anilines is 1. The summed E-state index contributed by atoms with van der Waals surface area (Å²) in [4.78, 5) is 10.6. The first-order valence-electron chi connectivity index (χ1n) is 6.11. The third kappa shape index (κ3) is 2.69. The second-order valence-corrected chi connectivity index (χ2v) is 4.82. The molecule has 5 heteroatoms. The van der Waals surface area contributed by atoms with Crippen LogP contribution in [-0.2, 0) is 6.42 Å². The largest absolute Gasteiger partial charge is 0.396 e. The van der Waals surface area contributed by atoms with E-state index in [9.17, 15) is 5.11 Å². The van der Waals surface area contributed by atoms with Crippen LogP contribution in [0.5, 0.6) is 0 Å². The van der Waals surface area contributed by atoms with E-state index in [0.717, 1.165) is 43.7 Å². The van der Waals surface area contributed by atoms with Crippen molar-refractivity contribution in [2.75, 3.05) is 24.6 Å². The maximum atomic E-state index is 9.25. The molecule has 0 bridgehead atoms. The van der Waals surface area contributed by atoms with Crippen LogP contribution in [0.3, 0.4) is 0 Å². The number of nitrogens with zero attached hydrogens (tertiary/aromatic N) is 3. The summed E-state index contributed by atoms with van der Waals surface area (Å²) < 4.78 is 0. The summed E-state index contributed by atoms with van der Waals surface area (Å²) in [5.74, 6) is 1.29. The second-order valence-electron chi connectivity index (χ2n) is 4.46. The smallest absolute Gasteiger partial charge is 0.137 e. The van der Waals surface area contributed by atoms with Gasteiger partial charge in [-0.05, 0) is 25.2 Å². The summed E-state index contributed by atoms with van der Waals surface area (Å²) in [6, 6.07) is 0. The van der Waals surface area contributed by atoms with Crippen molar-refractivity contribution in [3.8, 4) is 0 Å². The highest BCUT2D eigenvalue weighted by molar-refractivity contribution is 6.30. The van der Waals surface area contributed by atoms with Gasteiger partial charge in [-0.2, -0.15) is 0 Å². The van der Waals surface area contributed by atoms with Crippen LogP contribution in [0, 0.1) is 5.92 Å². The Bertz CT molecular complexity index is 386. The van der Waals surface area contributed by atoms with Gasteiger partial charge in [0.2, 0.25) is 0 Å². The van der Waals surface area contributed by atoms with Gasteiger partial charge in [0.05, 0.1) is 0 Å². The first kappa shape index (κ1) is 12.6. The molecule has 0 radical (unpaired) electrons. The maximum absolute atomic E-state index is 9.25. The molecule has 1 aliphatic heterocycles. The van der Waals surface area contributed by atoms with Crippen LogP contribution in [0.15, 0.2) is 6.33 Å². The lowest BCUT2D eigenvalue weighted by molar-refractivity contribution is 0.208. The molecule has 4 nitrogen and oxygen atoms in total. The predicted molar refractivity (Wildman–Crippen MR) is 68.4 cm³/mol. The third-order valence-electron chi connectivity index (χ3n) is 3.30. The summed E-state index contributed by atoms with van der Waals surface area (Å²) in [5, 5.41) is 9.80. The van der Waals surface area contributed by atoms with E-state index in [1.54, 1.807) is 0 Å². The zero-order valence-electron chi connectivity index (χ0n) is 10.1. The lowest BCUT2D eigenvalue weighted by Crippen LogP contribution is -2.38. The summed E-state index contributed by atoms with van der Waals surface area (Å²) in [6.45, 7) is 4.14. The molecule has 1 fully saturated rings. The van der Waals surface area contributed by atoms with E-state index in [-0.39, 0.29) is 6.61 Å². The highest BCUT2D eigenvalue weighted by Crippen LogP contribution is 2.27. The van der Waals surface area contributed by atoms with Gasteiger partial charge in [-0.3, -0.25) is 0 Å². The average molecular weight is 256 g/mol. The van der Waals surface area contributed by atoms with Crippen molar-refractivity contribution in [3.05, 3.63) is 17.0 Å². The molecule has 1 atom stereocenters. The maximum Gasteiger partial charge on any atom is 0.137 e. The molecule has 1 saturated heterocycles. The lowest BCUT2D eigenvalue weighted by Gasteiger charge is -2.33. The summed E-state index contributed by atoms with van der Waals surface area (Å²) >= 11 is 6.09. The Morgan fingerprint density at radius 3 is 3.06 bits per heavy atom. The molecular formula is C12H18ClN3O. The number of hydrogen-bond acceptors (Lipinski definition) is 4. The van der Waals surface area contributed by atoms with Gasteiger partial charge in [0.15, 0.2) is 0 Å². The molecule has 1 aromatic rings. The van der Waals surface area contributed by atoms with E-state index in [1.807, 2.05) is 0 Å². The van der Waals surface area contributed by atoms with E-state index in [0.29, 0.717) is 11.1 Å². The Hall–Kier alpha value is -0.870. The van der Waals surface area contributed by atoms with Crippen molar-refractivity contribution < 1.29 is 5.11 Å². The van der Waals surface area contributed by atoms with Gasteiger partial charge < -0.3 is 10.0 Å². The number of hydrogen-bond donors (Lipinski definition) is 1. The van der Waals surface area contributed by atoms with E-state index in [1.165, 1.54) is 6.33 Å². The zero-order chi connectivity index (χ0) is 12.3. The standard InChI is InChI=1S/C12H18ClN3O/c1-2-10-11(13)14-8-15-12(10)16-5-3-4-9(6-16)7-17/h8-9,17H,2-7H2,1H3. The molecule has 0 aliphatic carbocycles. The van der Waals surface area contributed by atoms with Crippen LogP contribution < -0.4 is 4.90 Å². The molecule has 17 heavy (non-hydrogen) atoms. The molecule has 1 aliphatic rings. The Morgan fingerprint density at radius 1 is 1.53 bits per heavy atom. The molecule has 0 aromatic carbocycles. The van der Waals surface area contributed by atoms with Crippen LogP contribution in [-0.4, -0.2) is 34.8 Å². The quantitative estimate of drug-likeness (QED) is 0.839. The fraction of sp³-hybridized carbons (Fsp3) is 0.667. The van der Waals surface area contributed by atoms with Gasteiger partial charge in [0.25, 0.3) is 0 Å². The minimum atomic E-state index is 0.247. The van der Waals surface area contributed by atoms with Crippen molar-refractivity contribution in [2.24, 2.45) is 5.92 Å². The van der Waals surface area contributed by atoms with Crippen LogP contribution in [0.1, 0.15) is 25.3 Å². The number of aliphatic hydroxyl groups excluding tert-OH is 1. The minimum Gasteiger partial charge on any atom is -0.396 e. The van der Waals surface area contributed by atoms with Gasteiger partial charge in [-0.15, -0.1) is 0 Å².